The fourth-order valence-electron chi connectivity index (χ4n) is 4.48. The summed E-state index contributed by atoms with van der Waals surface area (Å²) in [6, 6.07) is 8.15. The molecule has 3 aliphatic rings. The van der Waals surface area contributed by atoms with Crippen molar-refractivity contribution in [2.45, 2.75) is 70.6 Å². The van der Waals surface area contributed by atoms with Crippen molar-refractivity contribution in [1.82, 2.24) is 9.80 Å². The van der Waals surface area contributed by atoms with Crippen LogP contribution in [0.5, 0.6) is 0 Å². The van der Waals surface area contributed by atoms with Crippen molar-refractivity contribution >= 4 is 18.5 Å². The first kappa shape index (κ1) is 19.9. The number of carbonyl (C=O) groups is 1. The van der Waals surface area contributed by atoms with Crippen LogP contribution >= 0.6 is 0 Å². The number of rotatable bonds is 4. The van der Waals surface area contributed by atoms with E-state index >= 15 is 0 Å². The quantitative estimate of drug-likeness (QED) is 0.749. The van der Waals surface area contributed by atoms with E-state index < -0.39 is 0 Å². The molecule has 0 spiro atoms. The van der Waals surface area contributed by atoms with Gasteiger partial charge in [-0.3, -0.25) is 4.79 Å². The summed E-state index contributed by atoms with van der Waals surface area (Å²) < 4.78 is 12.2. The molecular weight excluding hydrogens is 351 g/mol. The third-order valence-electron chi connectivity index (χ3n) is 6.99. The third-order valence-corrected chi connectivity index (χ3v) is 6.99. The van der Waals surface area contributed by atoms with Crippen molar-refractivity contribution in [3.05, 3.63) is 29.8 Å². The van der Waals surface area contributed by atoms with Gasteiger partial charge in [0.05, 0.1) is 11.2 Å². The first-order valence-electron chi connectivity index (χ1n) is 10.8. The molecule has 152 valence electrons. The van der Waals surface area contributed by atoms with E-state index in [1.165, 1.54) is 25.9 Å². The normalized spacial score (nSPS) is 26.9. The standard InChI is InChI=1S/C22H33BN2O3/c1-21(2)22(3,4)28-23(27-21)18-11-9-17(10-12-18)20(26)25-15-7-8-19(25)16-24-13-5-6-14-24/h9-12,19H,5-8,13-16H2,1-4H3. The van der Waals surface area contributed by atoms with Gasteiger partial charge in [-0.25, -0.2) is 0 Å². The Morgan fingerprint density at radius 1 is 1.00 bits per heavy atom. The van der Waals surface area contributed by atoms with Crippen LogP contribution in [0, 0.1) is 0 Å². The minimum Gasteiger partial charge on any atom is -0.399 e. The van der Waals surface area contributed by atoms with Crippen molar-refractivity contribution < 1.29 is 14.1 Å². The van der Waals surface area contributed by atoms with Crippen LogP contribution in [-0.2, 0) is 9.31 Å². The molecule has 4 rings (SSSR count). The van der Waals surface area contributed by atoms with Gasteiger partial charge >= 0.3 is 7.12 Å². The number of benzene rings is 1. The molecule has 1 amide bonds. The summed E-state index contributed by atoms with van der Waals surface area (Å²) in [7, 11) is -0.385. The van der Waals surface area contributed by atoms with E-state index in [4.69, 9.17) is 9.31 Å². The van der Waals surface area contributed by atoms with Gasteiger partial charge < -0.3 is 19.1 Å². The monoisotopic (exact) mass is 384 g/mol. The highest BCUT2D eigenvalue weighted by molar-refractivity contribution is 6.62. The van der Waals surface area contributed by atoms with Crippen LogP contribution in [0.15, 0.2) is 24.3 Å². The van der Waals surface area contributed by atoms with E-state index in [-0.39, 0.29) is 24.2 Å². The Morgan fingerprint density at radius 3 is 2.21 bits per heavy atom. The van der Waals surface area contributed by atoms with Gasteiger partial charge in [0.25, 0.3) is 5.91 Å². The minimum atomic E-state index is -0.385. The van der Waals surface area contributed by atoms with Crippen LogP contribution in [0.3, 0.4) is 0 Å². The summed E-state index contributed by atoms with van der Waals surface area (Å²) in [5.74, 6) is 0.155. The molecule has 1 atom stereocenters. The molecule has 0 radical (unpaired) electrons. The second kappa shape index (κ2) is 7.47. The highest BCUT2D eigenvalue weighted by Crippen LogP contribution is 2.36. The van der Waals surface area contributed by atoms with E-state index in [1.807, 2.05) is 24.3 Å². The average Bonchev–Trinajstić information content (AvgIpc) is 3.36. The Balaban J connectivity index is 1.43. The number of nitrogens with zero attached hydrogens (tertiary/aromatic N) is 2. The van der Waals surface area contributed by atoms with Crippen molar-refractivity contribution in [3.63, 3.8) is 0 Å². The Labute approximate surface area is 169 Å². The molecule has 3 aliphatic heterocycles. The number of amides is 1. The molecule has 1 aromatic rings. The Kier molecular flexibility index (Phi) is 5.32. The van der Waals surface area contributed by atoms with Gasteiger partial charge in [0, 0.05) is 24.7 Å². The Hall–Kier alpha value is -1.37. The smallest absolute Gasteiger partial charge is 0.399 e. The molecule has 1 unspecified atom stereocenters. The maximum atomic E-state index is 13.1. The van der Waals surface area contributed by atoms with Gasteiger partial charge in [-0.15, -0.1) is 0 Å². The summed E-state index contributed by atoms with van der Waals surface area (Å²) in [6.07, 6.45) is 4.81. The first-order chi connectivity index (χ1) is 13.3. The number of likely N-dealkylation sites (tertiary alicyclic amines) is 2. The second-order valence-corrected chi connectivity index (χ2v) is 9.51. The van der Waals surface area contributed by atoms with Crippen molar-refractivity contribution in [3.8, 4) is 0 Å². The molecular formula is C22H33BN2O3. The van der Waals surface area contributed by atoms with E-state index in [9.17, 15) is 4.79 Å². The predicted octanol–water partition coefficient (Wildman–Crippen LogP) is 2.69. The number of hydrogen-bond donors (Lipinski definition) is 0. The first-order valence-corrected chi connectivity index (χ1v) is 10.8. The van der Waals surface area contributed by atoms with Crippen LogP contribution in [-0.4, -0.2) is 66.2 Å². The summed E-state index contributed by atoms with van der Waals surface area (Å²) >= 11 is 0. The SMILES string of the molecule is CC1(C)OB(c2ccc(C(=O)N3CCCC3CN3CCCC3)cc2)OC1(C)C. The van der Waals surface area contributed by atoms with Gasteiger partial charge in [-0.2, -0.15) is 0 Å². The van der Waals surface area contributed by atoms with Gasteiger partial charge in [0.1, 0.15) is 0 Å². The molecule has 5 nitrogen and oxygen atoms in total. The summed E-state index contributed by atoms with van der Waals surface area (Å²) in [5, 5.41) is 0. The lowest BCUT2D eigenvalue weighted by Crippen LogP contribution is -2.42. The van der Waals surface area contributed by atoms with Gasteiger partial charge in [0.2, 0.25) is 0 Å². The molecule has 3 saturated heterocycles. The van der Waals surface area contributed by atoms with Crippen molar-refractivity contribution in [2.75, 3.05) is 26.2 Å². The Morgan fingerprint density at radius 2 is 1.61 bits per heavy atom. The van der Waals surface area contributed by atoms with Crippen molar-refractivity contribution in [1.29, 1.82) is 0 Å². The zero-order valence-corrected chi connectivity index (χ0v) is 17.7. The zero-order valence-electron chi connectivity index (χ0n) is 17.7. The summed E-state index contributed by atoms with van der Waals surface area (Å²) in [6.45, 7) is 12.5. The maximum absolute atomic E-state index is 13.1. The van der Waals surface area contributed by atoms with E-state index in [1.54, 1.807) is 0 Å². The zero-order chi connectivity index (χ0) is 19.9. The van der Waals surface area contributed by atoms with Crippen LogP contribution in [0.25, 0.3) is 0 Å². The fraction of sp³-hybridized carbons (Fsp3) is 0.682. The molecule has 6 heteroatoms. The lowest BCUT2D eigenvalue weighted by molar-refractivity contribution is 0.00578. The molecule has 0 N–H and O–H groups in total. The van der Waals surface area contributed by atoms with E-state index in [0.717, 1.165) is 37.0 Å². The number of hydrogen-bond acceptors (Lipinski definition) is 4. The topological polar surface area (TPSA) is 42.0 Å². The van der Waals surface area contributed by atoms with E-state index in [2.05, 4.69) is 37.5 Å². The van der Waals surface area contributed by atoms with Crippen LogP contribution in [0.2, 0.25) is 0 Å². The highest BCUT2D eigenvalue weighted by atomic mass is 16.7. The van der Waals surface area contributed by atoms with Gasteiger partial charge in [-0.1, -0.05) is 12.1 Å². The largest absolute Gasteiger partial charge is 0.494 e. The van der Waals surface area contributed by atoms with Crippen LogP contribution < -0.4 is 5.46 Å². The summed E-state index contributed by atoms with van der Waals surface area (Å²) in [4.78, 5) is 17.7. The molecule has 1 aromatic carbocycles. The Bertz CT molecular complexity index is 697. The lowest BCUT2D eigenvalue weighted by Gasteiger charge is -2.32. The second-order valence-electron chi connectivity index (χ2n) is 9.51. The average molecular weight is 384 g/mol. The van der Waals surface area contributed by atoms with E-state index in [0.29, 0.717) is 6.04 Å². The lowest BCUT2D eigenvalue weighted by atomic mass is 9.79. The number of carbonyl (C=O) groups excluding carboxylic acids is 1. The van der Waals surface area contributed by atoms with Crippen LogP contribution in [0.1, 0.15) is 63.7 Å². The molecule has 0 saturated carbocycles. The molecule has 0 aromatic heterocycles. The maximum Gasteiger partial charge on any atom is 0.494 e. The third kappa shape index (κ3) is 3.74. The van der Waals surface area contributed by atoms with Gasteiger partial charge in [-0.05, 0) is 84.1 Å². The van der Waals surface area contributed by atoms with Crippen LogP contribution in [0.4, 0.5) is 0 Å². The minimum absolute atomic E-state index is 0.155. The molecule has 0 bridgehead atoms. The molecule has 28 heavy (non-hydrogen) atoms. The van der Waals surface area contributed by atoms with Gasteiger partial charge in [0.15, 0.2) is 0 Å². The molecule has 0 aliphatic carbocycles. The highest BCUT2D eigenvalue weighted by Gasteiger charge is 2.51. The summed E-state index contributed by atoms with van der Waals surface area (Å²) in [5.41, 5.74) is 1.01. The van der Waals surface area contributed by atoms with Crippen molar-refractivity contribution in [2.24, 2.45) is 0 Å². The fourth-order valence-corrected chi connectivity index (χ4v) is 4.48. The predicted molar refractivity (Wildman–Crippen MR) is 112 cm³/mol. The molecule has 3 fully saturated rings. The molecule has 3 heterocycles.